The summed E-state index contributed by atoms with van der Waals surface area (Å²) in [5.41, 5.74) is 7.71. The standard InChI is InChI=1S/C22H19N3O5S/c23-20-14-16(7-6-15(20)8-13-21(26)27)22(28)24-17-9-11-19(12-10-17)31(29,30)25-18-4-2-1-3-5-18/h1-14,25H,23H2,(H,24,28)(H,26,27)/b13-8+. The number of aliphatic carboxylic acids is 1. The minimum absolute atomic E-state index is 0.0492. The van der Waals surface area contributed by atoms with Crippen LogP contribution in [0.3, 0.4) is 0 Å². The molecule has 0 saturated carbocycles. The number of sulfonamides is 1. The molecular weight excluding hydrogens is 418 g/mol. The zero-order valence-electron chi connectivity index (χ0n) is 16.1. The van der Waals surface area contributed by atoms with Gasteiger partial charge in [0.1, 0.15) is 0 Å². The molecule has 0 atom stereocenters. The molecular formula is C22H19N3O5S. The highest BCUT2D eigenvalue weighted by Crippen LogP contribution is 2.20. The number of rotatable bonds is 7. The van der Waals surface area contributed by atoms with Gasteiger partial charge in [-0.3, -0.25) is 9.52 Å². The molecule has 3 rings (SSSR count). The van der Waals surface area contributed by atoms with E-state index in [0.717, 1.165) is 6.08 Å². The quantitative estimate of drug-likeness (QED) is 0.330. The Hall–Kier alpha value is -4.11. The van der Waals surface area contributed by atoms with Gasteiger partial charge in [-0.1, -0.05) is 24.3 Å². The lowest BCUT2D eigenvalue weighted by molar-refractivity contribution is -0.131. The minimum atomic E-state index is -3.76. The van der Waals surface area contributed by atoms with Crippen LogP contribution in [0.15, 0.2) is 83.8 Å². The lowest BCUT2D eigenvalue weighted by Crippen LogP contribution is -2.14. The van der Waals surface area contributed by atoms with Gasteiger partial charge >= 0.3 is 5.97 Å². The van der Waals surface area contributed by atoms with E-state index in [-0.39, 0.29) is 16.1 Å². The monoisotopic (exact) mass is 437 g/mol. The number of carboxylic acids is 1. The fraction of sp³-hybridized carbons (Fsp3) is 0. The topological polar surface area (TPSA) is 139 Å². The molecule has 0 saturated heterocycles. The van der Waals surface area contributed by atoms with Gasteiger partial charge in [-0.25, -0.2) is 13.2 Å². The molecule has 9 heteroatoms. The lowest BCUT2D eigenvalue weighted by atomic mass is 10.1. The number of carbonyl (C=O) groups excluding carboxylic acids is 1. The van der Waals surface area contributed by atoms with Crippen LogP contribution < -0.4 is 15.8 Å². The molecule has 0 aliphatic carbocycles. The Morgan fingerprint density at radius 1 is 0.903 bits per heavy atom. The summed E-state index contributed by atoms with van der Waals surface area (Å²) in [5, 5.41) is 11.3. The van der Waals surface area contributed by atoms with E-state index in [0.29, 0.717) is 16.9 Å². The van der Waals surface area contributed by atoms with Crippen LogP contribution >= 0.6 is 0 Å². The van der Waals surface area contributed by atoms with Crippen LogP contribution in [-0.4, -0.2) is 25.4 Å². The van der Waals surface area contributed by atoms with Crippen LogP contribution in [0.4, 0.5) is 17.1 Å². The van der Waals surface area contributed by atoms with Gasteiger partial charge in [0, 0.05) is 28.7 Å². The summed E-state index contributed by atoms with van der Waals surface area (Å²) in [4.78, 5) is 23.1. The predicted molar refractivity (Wildman–Crippen MR) is 119 cm³/mol. The third kappa shape index (κ3) is 5.71. The van der Waals surface area contributed by atoms with Gasteiger partial charge in [-0.15, -0.1) is 0 Å². The van der Waals surface area contributed by atoms with Crippen molar-refractivity contribution in [1.29, 1.82) is 0 Å². The van der Waals surface area contributed by atoms with E-state index in [1.807, 2.05) is 0 Å². The number of anilines is 3. The van der Waals surface area contributed by atoms with Crippen molar-refractivity contribution in [3.05, 3.63) is 90.0 Å². The maximum absolute atomic E-state index is 12.5. The van der Waals surface area contributed by atoms with Crippen molar-refractivity contribution in [2.45, 2.75) is 4.90 Å². The second-order valence-electron chi connectivity index (χ2n) is 6.47. The molecule has 8 nitrogen and oxygen atoms in total. The highest BCUT2D eigenvalue weighted by molar-refractivity contribution is 7.92. The van der Waals surface area contributed by atoms with Gasteiger partial charge in [-0.2, -0.15) is 0 Å². The molecule has 0 aromatic heterocycles. The second kappa shape index (κ2) is 9.14. The first-order valence-corrected chi connectivity index (χ1v) is 10.5. The van der Waals surface area contributed by atoms with Crippen LogP contribution in [0.1, 0.15) is 15.9 Å². The molecule has 0 unspecified atom stereocenters. The molecule has 1 amide bonds. The van der Waals surface area contributed by atoms with Crippen LogP contribution in [0.5, 0.6) is 0 Å². The zero-order chi connectivity index (χ0) is 22.4. The average molecular weight is 437 g/mol. The number of hydrogen-bond donors (Lipinski definition) is 4. The molecule has 3 aromatic rings. The summed E-state index contributed by atoms with van der Waals surface area (Å²) in [5.74, 6) is -1.55. The molecule has 0 fully saturated rings. The molecule has 3 aromatic carbocycles. The van der Waals surface area contributed by atoms with Crippen LogP contribution in [0, 0.1) is 0 Å². The van der Waals surface area contributed by atoms with Crippen LogP contribution in [0.25, 0.3) is 6.08 Å². The van der Waals surface area contributed by atoms with E-state index in [9.17, 15) is 18.0 Å². The van der Waals surface area contributed by atoms with Gasteiger partial charge in [0.2, 0.25) is 0 Å². The summed E-state index contributed by atoms with van der Waals surface area (Å²) >= 11 is 0. The lowest BCUT2D eigenvalue weighted by Gasteiger charge is -2.10. The molecule has 31 heavy (non-hydrogen) atoms. The number of hydrogen-bond acceptors (Lipinski definition) is 5. The highest BCUT2D eigenvalue weighted by atomic mass is 32.2. The molecule has 0 aliphatic rings. The number of nitrogen functional groups attached to an aromatic ring is 1. The van der Waals surface area contributed by atoms with Crippen molar-refractivity contribution in [2.24, 2.45) is 0 Å². The normalized spacial score (nSPS) is 11.2. The van der Waals surface area contributed by atoms with Crippen molar-refractivity contribution >= 4 is 45.0 Å². The Morgan fingerprint density at radius 2 is 1.58 bits per heavy atom. The summed E-state index contributed by atoms with van der Waals surface area (Å²) in [6.07, 6.45) is 2.29. The smallest absolute Gasteiger partial charge is 0.328 e. The first kappa shape index (κ1) is 21.6. The molecule has 0 spiro atoms. The fourth-order valence-electron chi connectivity index (χ4n) is 2.67. The Labute approximate surface area is 179 Å². The first-order chi connectivity index (χ1) is 14.7. The van der Waals surface area contributed by atoms with Gasteiger partial charge in [0.15, 0.2) is 0 Å². The van der Waals surface area contributed by atoms with Gasteiger partial charge < -0.3 is 16.2 Å². The Morgan fingerprint density at radius 3 is 2.19 bits per heavy atom. The molecule has 5 N–H and O–H groups in total. The number of para-hydroxylation sites is 1. The molecule has 158 valence electrons. The maximum atomic E-state index is 12.5. The maximum Gasteiger partial charge on any atom is 0.328 e. The molecule has 0 radical (unpaired) electrons. The van der Waals surface area contributed by atoms with Crippen molar-refractivity contribution in [1.82, 2.24) is 0 Å². The van der Waals surface area contributed by atoms with Gasteiger partial charge in [0.05, 0.1) is 4.90 Å². The largest absolute Gasteiger partial charge is 0.478 e. The van der Waals surface area contributed by atoms with Gasteiger partial charge in [-0.05, 0) is 60.2 Å². The van der Waals surface area contributed by atoms with Crippen molar-refractivity contribution < 1.29 is 23.1 Å². The third-order valence-corrected chi connectivity index (χ3v) is 5.60. The number of benzene rings is 3. The Bertz CT molecular complexity index is 1240. The minimum Gasteiger partial charge on any atom is -0.478 e. The Kier molecular flexibility index (Phi) is 6.37. The van der Waals surface area contributed by atoms with E-state index in [4.69, 9.17) is 10.8 Å². The zero-order valence-corrected chi connectivity index (χ0v) is 17.0. The van der Waals surface area contributed by atoms with Crippen molar-refractivity contribution in [2.75, 3.05) is 15.8 Å². The predicted octanol–water partition coefficient (Wildman–Crippen LogP) is 3.42. The van der Waals surface area contributed by atoms with Crippen LogP contribution in [0.2, 0.25) is 0 Å². The van der Waals surface area contributed by atoms with E-state index in [2.05, 4.69) is 10.0 Å². The number of carboxylic acid groups (broad SMARTS) is 1. The summed E-state index contributed by atoms with van der Waals surface area (Å²) < 4.78 is 27.4. The second-order valence-corrected chi connectivity index (χ2v) is 8.15. The number of carbonyl (C=O) groups is 2. The van der Waals surface area contributed by atoms with E-state index < -0.39 is 21.9 Å². The number of nitrogens with two attached hydrogens (primary N) is 1. The van der Waals surface area contributed by atoms with E-state index in [1.165, 1.54) is 48.5 Å². The average Bonchev–Trinajstić information content (AvgIpc) is 2.73. The third-order valence-electron chi connectivity index (χ3n) is 4.20. The SMILES string of the molecule is Nc1cc(C(=O)Nc2ccc(S(=O)(=O)Nc3ccccc3)cc2)ccc1/C=C/C(=O)O. The Balaban J connectivity index is 1.70. The van der Waals surface area contributed by atoms with Gasteiger partial charge in [0.25, 0.3) is 15.9 Å². The van der Waals surface area contributed by atoms with Crippen molar-refractivity contribution in [3.63, 3.8) is 0 Å². The summed E-state index contributed by atoms with van der Waals surface area (Å²) in [7, 11) is -3.76. The molecule has 0 aliphatic heterocycles. The summed E-state index contributed by atoms with van der Waals surface area (Å²) in [6, 6.07) is 18.7. The first-order valence-electron chi connectivity index (χ1n) is 9.04. The van der Waals surface area contributed by atoms with E-state index in [1.54, 1.807) is 30.3 Å². The van der Waals surface area contributed by atoms with Crippen molar-refractivity contribution in [3.8, 4) is 0 Å². The summed E-state index contributed by atoms with van der Waals surface area (Å²) in [6.45, 7) is 0. The fourth-order valence-corrected chi connectivity index (χ4v) is 3.73. The van der Waals surface area contributed by atoms with E-state index >= 15 is 0 Å². The number of nitrogens with one attached hydrogen (secondary N) is 2. The number of amides is 1. The van der Waals surface area contributed by atoms with Crippen LogP contribution in [-0.2, 0) is 14.8 Å². The molecule has 0 heterocycles. The molecule has 0 bridgehead atoms. The highest BCUT2D eigenvalue weighted by Gasteiger charge is 2.14.